The quantitative estimate of drug-likeness (QED) is 0.714. The lowest BCUT2D eigenvalue weighted by Crippen LogP contribution is -2.26. The van der Waals surface area contributed by atoms with Gasteiger partial charge in [0.15, 0.2) is 0 Å². The first-order valence-electron chi connectivity index (χ1n) is 9.63. The molecule has 1 N–H and O–H groups in total. The molecule has 2 aromatic carbocycles. The van der Waals surface area contributed by atoms with Crippen LogP contribution in [-0.2, 0) is 13.5 Å². The van der Waals surface area contributed by atoms with E-state index in [4.69, 9.17) is 4.74 Å². The predicted octanol–water partition coefficient (Wildman–Crippen LogP) is 2.47. The molecule has 3 aromatic rings. The summed E-state index contributed by atoms with van der Waals surface area (Å²) in [6.07, 6.45) is 5.57. The van der Waals surface area contributed by atoms with Crippen LogP contribution in [0.25, 0.3) is 21.9 Å². The summed E-state index contributed by atoms with van der Waals surface area (Å²) in [6, 6.07) is 12.0. The van der Waals surface area contributed by atoms with E-state index >= 15 is 0 Å². The molecule has 0 radical (unpaired) electrons. The summed E-state index contributed by atoms with van der Waals surface area (Å²) in [5.74, 6) is 1.60. The Morgan fingerprint density at radius 3 is 2.59 bits per heavy atom. The lowest BCUT2D eigenvalue weighted by atomic mass is 9.97. The van der Waals surface area contributed by atoms with Gasteiger partial charge in [0.25, 0.3) is 5.56 Å². The summed E-state index contributed by atoms with van der Waals surface area (Å²) in [5.41, 5.74) is 3.21. The van der Waals surface area contributed by atoms with Gasteiger partial charge in [0.05, 0.1) is 0 Å². The molecule has 1 aliphatic heterocycles. The Hall–Kier alpha value is -2.37. The zero-order valence-electron chi connectivity index (χ0n) is 15.6. The minimum absolute atomic E-state index is 0.00354. The molecule has 1 aliphatic carbocycles. The van der Waals surface area contributed by atoms with Gasteiger partial charge in [0, 0.05) is 36.2 Å². The second-order valence-corrected chi connectivity index (χ2v) is 9.95. The van der Waals surface area contributed by atoms with Crippen LogP contribution in [-0.4, -0.2) is 24.5 Å². The second kappa shape index (κ2) is 6.07. The fourth-order valence-electron chi connectivity index (χ4n) is 4.22. The Kier molecular flexibility index (Phi) is 3.77. The molecule has 1 fully saturated rings. The Labute approximate surface area is 159 Å². The maximum absolute atomic E-state index is 12.6. The zero-order chi connectivity index (χ0) is 18.7. The minimum Gasteiger partial charge on any atom is -0.489 e. The van der Waals surface area contributed by atoms with Crippen LogP contribution in [0, 0.1) is 5.92 Å². The van der Waals surface area contributed by atoms with Gasteiger partial charge in [-0.05, 0) is 53.6 Å². The van der Waals surface area contributed by atoms with E-state index in [9.17, 15) is 9.59 Å². The highest BCUT2D eigenvalue weighted by Gasteiger charge is 2.38. The molecule has 4 nitrogen and oxygen atoms in total. The van der Waals surface area contributed by atoms with E-state index in [2.05, 4.69) is 12.1 Å². The average Bonchev–Trinajstić information content (AvgIpc) is 3.43. The van der Waals surface area contributed by atoms with Crippen molar-refractivity contribution in [2.24, 2.45) is 13.0 Å². The van der Waals surface area contributed by atoms with E-state index in [1.54, 1.807) is 11.6 Å². The molecule has 2 aliphatic rings. The Balaban J connectivity index is 1.78. The predicted molar refractivity (Wildman–Crippen MR) is 110 cm³/mol. The molecule has 27 heavy (non-hydrogen) atoms. The Bertz CT molecular complexity index is 1110. The third kappa shape index (κ3) is 2.73. The Morgan fingerprint density at radius 2 is 1.89 bits per heavy atom. The minimum atomic E-state index is -1.95. The van der Waals surface area contributed by atoms with Crippen molar-refractivity contribution in [2.75, 3.05) is 0 Å². The first kappa shape index (κ1) is 16.8. The molecule has 0 bridgehead atoms. The van der Waals surface area contributed by atoms with Crippen molar-refractivity contribution in [3.63, 3.8) is 0 Å². The van der Waals surface area contributed by atoms with Gasteiger partial charge >= 0.3 is 0 Å². The van der Waals surface area contributed by atoms with Crippen LogP contribution < -0.4 is 15.5 Å². The molecule has 5 heteroatoms. The molecule has 1 saturated carbocycles. The topological polar surface area (TPSA) is 51.5 Å². The van der Waals surface area contributed by atoms with Crippen LogP contribution >= 0.6 is 0 Å². The SMILES string of the molecule is Cn1cc(-c2cc([SiH](C)O)cc3c2OC(C2CC2)C3)c2ccccc2c1=O. The average molecular weight is 378 g/mol. The number of rotatable bonds is 3. The van der Waals surface area contributed by atoms with Crippen LogP contribution in [0.3, 0.4) is 0 Å². The van der Waals surface area contributed by atoms with Crippen LogP contribution in [0.2, 0.25) is 6.55 Å². The molecule has 2 heterocycles. The lowest BCUT2D eigenvalue weighted by Gasteiger charge is -2.16. The van der Waals surface area contributed by atoms with Crippen molar-refractivity contribution in [2.45, 2.75) is 31.9 Å². The number of aryl methyl sites for hydroxylation is 1. The summed E-state index contributed by atoms with van der Waals surface area (Å²) < 4.78 is 8.06. The van der Waals surface area contributed by atoms with Crippen molar-refractivity contribution >= 4 is 25.0 Å². The maximum Gasteiger partial charge on any atom is 0.258 e. The van der Waals surface area contributed by atoms with Crippen molar-refractivity contribution in [3.8, 4) is 16.9 Å². The molecular formula is C22H23NO3Si. The summed E-state index contributed by atoms with van der Waals surface area (Å²) in [7, 11) is -0.162. The number of hydrogen-bond acceptors (Lipinski definition) is 3. The monoisotopic (exact) mass is 377 g/mol. The van der Waals surface area contributed by atoms with Crippen molar-refractivity contribution < 1.29 is 9.53 Å². The van der Waals surface area contributed by atoms with Crippen LogP contribution in [0.15, 0.2) is 47.4 Å². The van der Waals surface area contributed by atoms with Gasteiger partial charge in [0.1, 0.15) is 11.9 Å². The fourth-order valence-corrected chi connectivity index (χ4v) is 5.07. The standard InChI is InChI=1S/C22H23NO3Si/c1-23-12-19(16-5-3-4-6-17(16)22(23)24)18-11-15(27(2)25)9-14-10-20(13-7-8-13)26-21(14)18/h3-6,9,11-13,20,25,27H,7-8,10H2,1-2H3. The number of pyridine rings is 1. The molecule has 0 saturated heterocycles. The highest BCUT2D eigenvalue weighted by Crippen LogP contribution is 2.46. The molecular weight excluding hydrogens is 354 g/mol. The second-order valence-electron chi connectivity index (χ2n) is 7.93. The number of nitrogens with zero attached hydrogens (tertiary/aromatic N) is 1. The number of benzene rings is 2. The van der Waals surface area contributed by atoms with E-state index in [0.717, 1.165) is 33.9 Å². The fraction of sp³-hybridized carbons (Fsp3) is 0.318. The van der Waals surface area contributed by atoms with Crippen LogP contribution in [0.4, 0.5) is 0 Å². The Morgan fingerprint density at radius 1 is 1.15 bits per heavy atom. The first-order chi connectivity index (χ1) is 13.0. The largest absolute Gasteiger partial charge is 0.489 e. The molecule has 5 rings (SSSR count). The summed E-state index contributed by atoms with van der Waals surface area (Å²) in [4.78, 5) is 22.9. The zero-order valence-corrected chi connectivity index (χ0v) is 16.8. The van der Waals surface area contributed by atoms with Gasteiger partial charge in [-0.2, -0.15) is 0 Å². The van der Waals surface area contributed by atoms with E-state index in [1.807, 2.05) is 37.0 Å². The highest BCUT2D eigenvalue weighted by molar-refractivity contribution is 6.65. The highest BCUT2D eigenvalue weighted by atomic mass is 28.3. The van der Waals surface area contributed by atoms with E-state index < -0.39 is 9.04 Å². The van der Waals surface area contributed by atoms with E-state index in [0.29, 0.717) is 11.3 Å². The third-order valence-corrected chi connectivity index (χ3v) is 7.19. The van der Waals surface area contributed by atoms with Crippen LogP contribution in [0.1, 0.15) is 18.4 Å². The van der Waals surface area contributed by atoms with E-state index in [-0.39, 0.29) is 11.7 Å². The normalized spacial score (nSPS) is 19.7. The third-order valence-electron chi connectivity index (χ3n) is 5.89. The smallest absolute Gasteiger partial charge is 0.258 e. The number of fused-ring (bicyclic) bond motifs is 2. The summed E-state index contributed by atoms with van der Waals surface area (Å²) in [6.45, 7) is 1.93. The summed E-state index contributed by atoms with van der Waals surface area (Å²) in [5, 5.41) is 2.68. The maximum atomic E-state index is 12.6. The van der Waals surface area contributed by atoms with Crippen molar-refractivity contribution in [1.82, 2.24) is 4.57 Å². The summed E-state index contributed by atoms with van der Waals surface area (Å²) >= 11 is 0. The number of aromatic nitrogens is 1. The van der Waals surface area contributed by atoms with Gasteiger partial charge in [-0.1, -0.05) is 24.3 Å². The van der Waals surface area contributed by atoms with Crippen molar-refractivity contribution in [1.29, 1.82) is 0 Å². The van der Waals surface area contributed by atoms with Crippen molar-refractivity contribution in [3.05, 3.63) is 58.5 Å². The van der Waals surface area contributed by atoms with Gasteiger partial charge < -0.3 is 14.1 Å². The molecule has 2 unspecified atom stereocenters. The molecule has 0 spiro atoms. The van der Waals surface area contributed by atoms with Gasteiger partial charge in [0.2, 0.25) is 9.04 Å². The van der Waals surface area contributed by atoms with Gasteiger partial charge in [-0.3, -0.25) is 4.79 Å². The molecule has 0 amide bonds. The van der Waals surface area contributed by atoms with Gasteiger partial charge in [-0.25, -0.2) is 0 Å². The molecule has 138 valence electrons. The number of hydrogen-bond donors (Lipinski definition) is 1. The van der Waals surface area contributed by atoms with Gasteiger partial charge in [-0.15, -0.1) is 0 Å². The van der Waals surface area contributed by atoms with Crippen LogP contribution in [0.5, 0.6) is 5.75 Å². The molecule has 2 atom stereocenters. The number of ether oxygens (including phenoxy) is 1. The first-order valence-corrected chi connectivity index (χ1v) is 11.9. The lowest BCUT2D eigenvalue weighted by molar-refractivity contribution is 0.208. The molecule has 1 aromatic heterocycles. The van der Waals surface area contributed by atoms with E-state index in [1.165, 1.54) is 18.4 Å².